The third-order valence-corrected chi connectivity index (χ3v) is 2.60. The number of aromatic nitrogens is 1. The summed E-state index contributed by atoms with van der Waals surface area (Å²) >= 11 is 1.26. The van der Waals surface area contributed by atoms with E-state index in [1.807, 2.05) is 0 Å². The van der Waals surface area contributed by atoms with Crippen LogP contribution < -0.4 is 5.14 Å². The maximum atomic E-state index is 10.6. The van der Waals surface area contributed by atoms with E-state index in [1.54, 1.807) is 6.92 Å². The number of rotatable bonds is 1. The Morgan fingerprint density at radius 1 is 1.70 bits per heavy atom. The smallest absolute Gasteiger partial charge is 0.229 e. The van der Waals surface area contributed by atoms with Crippen LogP contribution in [-0.4, -0.2) is 13.4 Å². The lowest BCUT2D eigenvalue weighted by Crippen LogP contribution is -2.12. The van der Waals surface area contributed by atoms with Crippen molar-refractivity contribution in [1.29, 1.82) is 0 Å². The van der Waals surface area contributed by atoms with Crippen molar-refractivity contribution in [3.8, 4) is 0 Å². The molecule has 0 aliphatic rings. The first-order chi connectivity index (χ1) is 4.50. The van der Waals surface area contributed by atoms with Gasteiger partial charge in [0.1, 0.15) is 0 Å². The Labute approximate surface area is 62.8 Å². The molecule has 0 saturated heterocycles. The van der Waals surface area contributed by atoms with E-state index in [1.165, 1.54) is 16.7 Å². The molecule has 1 aromatic rings. The fraction of sp³-hybridized carbons (Fsp3) is 0.250. The molecule has 56 valence electrons. The Hall–Kier alpha value is -0.460. The van der Waals surface area contributed by atoms with Crippen molar-refractivity contribution >= 4 is 21.4 Å². The van der Waals surface area contributed by atoms with Crippen LogP contribution in [0.5, 0.6) is 0 Å². The van der Waals surface area contributed by atoms with Crippen LogP contribution in [0.25, 0.3) is 0 Å². The van der Waals surface area contributed by atoms with Gasteiger partial charge in [0.2, 0.25) is 0 Å². The van der Waals surface area contributed by atoms with Crippen LogP contribution in [0.3, 0.4) is 0 Å². The molecule has 1 aromatic heterocycles. The summed E-state index contributed by atoms with van der Waals surface area (Å²) in [6, 6.07) is 0. The second kappa shape index (κ2) is 2.30. The van der Waals surface area contributed by atoms with Crippen molar-refractivity contribution in [1.82, 2.24) is 4.98 Å². The molecule has 0 unspecified atom stereocenters. The van der Waals surface area contributed by atoms with Crippen molar-refractivity contribution < 1.29 is 8.42 Å². The van der Waals surface area contributed by atoms with Crippen LogP contribution in [0.2, 0.25) is 0 Å². The minimum Gasteiger partial charge on any atom is -0.229 e. The lowest BCUT2D eigenvalue weighted by atomic mass is 10.8. The van der Waals surface area contributed by atoms with Gasteiger partial charge in [-0.1, -0.05) is 0 Å². The first-order valence-corrected chi connectivity index (χ1v) is 4.87. The molecule has 0 saturated carbocycles. The molecule has 0 bridgehead atoms. The molecule has 0 fully saturated rings. The van der Waals surface area contributed by atoms with Gasteiger partial charge in [-0.3, -0.25) is 0 Å². The van der Waals surface area contributed by atoms with Gasteiger partial charge >= 0.3 is 0 Å². The van der Waals surface area contributed by atoms with E-state index in [0.717, 1.165) is 0 Å². The number of nitrogens with two attached hydrogens (primary N) is 1. The minimum absolute atomic E-state index is 0.0463. The zero-order valence-electron chi connectivity index (χ0n) is 5.23. The van der Waals surface area contributed by atoms with Gasteiger partial charge in [-0.25, -0.2) is 18.5 Å². The average Bonchev–Trinajstić information content (AvgIpc) is 2.11. The van der Waals surface area contributed by atoms with Crippen LogP contribution in [0.1, 0.15) is 5.01 Å². The van der Waals surface area contributed by atoms with Crippen molar-refractivity contribution in [2.75, 3.05) is 0 Å². The third kappa shape index (κ3) is 1.53. The van der Waals surface area contributed by atoms with Crippen LogP contribution in [0, 0.1) is 6.92 Å². The molecule has 0 aliphatic heterocycles. The van der Waals surface area contributed by atoms with Crippen LogP contribution in [0.15, 0.2) is 10.4 Å². The fourth-order valence-corrected chi connectivity index (χ4v) is 1.95. The predicted molar refractivity (Wildman–Crippen MR) is 38.2 cm³/mol. The Kier molecular flexibility index (Phi) is 1.76. The highest BCUT2D eigenvalue weighted by Gasteiger charge is 2.09. The molecule has 0 atom stereocenters. The molecule has 0 amide bonds. The van der Waals surface area contributed by atoms with Crippen molar-refractivity contribution in [2.45, 2.75) is 11.9 Å². The molecule has 4 nitrogen and oxygen atoms in total. The SMILES string of the molecule is Cc1nc(S(N)(=O)=O)cs1. The lowest BCUT2D eigenvalue weighted by Gasteiger charge is -1.86. The second-order valence-electron chi connectivity index (χ2n) is 1.75. The zero-order valence-corrected chi connectivity index (χ0v) is 6.87. The molecule has 1 heterocycles. The molecular formula is C4H6N2O2S2. The van der Waals surface area contributed by atoms with Gasteiger partial charge in [0, 0.05) is 5.38 Å². The van der Waals surface area contributed by atoms with Gasteiger partial charge in [0.25, 0.3) is 10.0 Å². The molecule has 0 aromatic carbocycles. The lowest BCUT2D eigenvalue weighted by molar-refractivity contribution is 0.594. The summed E-state index contributed by atoms with van der Waals surface area (Å²) in [5.41, 5.74) is 0. The molecule has 10 heavy (non-hydrogen) atoms. The van der Waals surface area contributed by atoms with Crippen molar-refractivity contribution in [2.24, 2.45) is 5.14 Å². The number of sulfonamides is 1. The number of nitrogens with zero attached hydrogens (tertiary/aromatic N) is 1. The van der Waals surface area contributed by atoms with E-state index >= 15 is 0 Å². The molecule has 6 heteroatoms. The first kappa shape index (κ1) is 7.64. The number of thiazole rings is 1. The second-order valence-corrected chi connectivity index (χ2v) is 4.32. The van der Waals surface area contributed by atoms with Gasteiger partial charge in [-0.15, -0.1) is 11.3 Å². The highest BCUT2D eigenvalue weighted by Crippen LogP contribution is 2.10. The molecule has 0 radical (unpaired) electrons. The Morgan fingerprint density at radius 2 is 2.30 bits per heavy atom. The Morgan fingerprint density at radius 3 is 2.50 bits per heavy atom. The van der Waals surface area contributed by atoms with Crippen LogP contribution in [0.4, 0.5) is 0 Å². The fourth-order valence-electron chi connectivity index (χ4n) is 0.474. The highest BCUT2D eigenvalue weighted by atomic mass is 32.2. The topological polar surface area (TPSA) is 73.0 Å². The summed E-state index contributed by atoms with van der Waals surface area (Å²) in [5.74, 6) is 0. The normalized spacial score (nSPS) is 11.8. The van der Waals surface area contributed by atoms with Gasteiger partial charge < -0.3 is 0 Å². The van der Waals surface area contributed by atoms with Crippen molar-refractivity contribution in [3.05, 3.63) is 10.4 Å². The Bertz CT molecular complexity index is 327. The van der Waals surface area contributed by atoms with Crippen molar-refractivity contribution in [3.63, 3.8) is 0 Å². The largest absolute Gasteiger partial charge is 0.256 e. The van der Waals surface area contributed by atoms with E-state index in [4.69, 9.17) is 5.14 Å². The summed E-state index contributed by atoms with van der Waals surface area (Å²) in [7, 11) is -3.58. The van der Waals surface area contributed by atoms with E-state index in [2.05, 4.69) is 4.98 Å². The zero-order chi connectivity index (χ0) is 7.78. The monoisotopic (exact) mass is 178 g/mol. The standard InChI is InChI=1S/C4H6N2O2S2/c1-3-6-4(2-9-3)10(5,7)8/h2H,1H3,(H2,5,7,8). The molecular weight excluding hydrogens is 172 g/mol. The summed E-state index contributed by atoms with van der Waals surface area (Å²) in [5, 5.41) is 6.86. The van der Waals surface area contributed by atoms with E-state index in [9.17, 15) is 8.42 Å². The minimum atomic E-state index is -3.58. The number of hydrogen-bond donors (Lipinski definition) is 1. The maximum absolute atomic E-state index is 10.6. The molecule has 1 rings (SSSR count). The molecule has 0 spiro atoms. The van der Waals surface area contributed by atoms with Gasteiger partial charge in [0.15, 0.2) is 5.03 Å². The third-order valence-electron chi connectivity index (χ3n) is 0.889. The van der Waals surface area contributed by atoms with Crippen LogP contribution in [-0.2, 0) is 10.0 Å². The highest BCUT2D eigenvalue weighted by molar-refractivity contribution is 7.89. The van der Waals surface area contributed by atoms with Gasteiger partial charge in [-0.05, 0) is 6.92 Å². The number of aryl methyl sites for hydroxylation is 1. The molecule has 2 N–H and O–H groups in total. The van der Waals surface area contributed by atoms with Gasteiger partial charge in [0.05, 0.1) is 5.01 Å². The predicted octanol–water partition coefficient (Wildman–Crippen LogP) is 0.0989. The first-order valence-electron chi connectivity index (χ1n) is 2.45. The molecule has 0 aliphatic carbocycles. The van der Waals surface area contributed by atoms with Crippen LogP contribution >= 0.6 is 11.3 Å². The average molecular weight is 178 g/mol. The maximum Gasteiger partial charge on any atom is 0.256 e. The number of hydrogen-bond acceptors (Lipinski definition) is 4. The summed E-state index contributed by atoms with van der Waals surface area (Å²) in [6.45, 7) is 1.72. The quantitative estimate of drug-likeness (QED) is 0.662. The Balaban J connectivity index is 3.21. The van der Waals surface area contributed by atoms with E-state index in [-0.39, 0.29) is 5.03 Å². The van der Waals surface area contributed by atoms with E-state index < -0.39 is 10.0 Å². The summed E-state index contributed by atoms with van der Waals surface area (Å²) in [4.78, 5) is 3.69. The summed E-state index contributed by atoms with van der Waals surface area (Å²) in [6.07, 6.45) is 0. The number of primary sulfonamides is 1. The van der Waals surface area contributed by atoms with E-state index in [0.29, 0.717) is 5.01 Å². The summed E-state index contributed by atoms with van der Waals surface area (Å²) < 4.78 is 21.1. The van der Waals surface area contributed by atoms with Gasteiger partial charge in [-0.2, -0.15) is 0 Å².